The SMILES string of the molecule is CCNC(=NCc1ccccc1OC)NCCCN1CCCC1.I. The molecule has 0 bridgehead atoms. The molecule has 2 N–H and O–H groups in total. The maximum atomic E-state index is 5.38. The predicted octanol–water partition coefficient (Wildman–Crippen LogP) is 2.85. The van der Waals surface area contributed by atoms with E-state index in [-0.39, 0.29) is 24.0 Å². The molecule has 1 aliphatic rings. The van der Waals surface area contributed by atoms with E-state index in [4.69, 9.17) is 4.74 Å². The third kappa shape index (κ3) is 7.25. The van der Waals surface area contributed by atoms with Crippen LogP contribution in [0, 0.1) is 0 Å². The summed E-state index contributed by atoms with van der Waals surface area (Å²) in [6, 6.07) is 8.03. The second kappa shape index (κ2) is 12.4. The zero-order valence-corrected chi connectivity index (χ0v) is 17.2. The van der Waals surface area contributed by atoms with E-state index in [1.807, 2.05) is 18.2 Å². The monoisotopic (exact) mass is 446 g/mol. The molecule has 1 heterocycles. The van der Waals surface area contributed by atoms with Crippen LogP contribution in [-0.4, -0.2) is 50.7 Å². The molecule has 1 fully saturated rings. The highest BCUT2D eigenvalue weighted by molar-refractivity contribution is 14.0. The molecule has 1 aromatic carbocycles. The summed E-state index contributed by atoms with van der Waals surface area (Å²) in [7, 11) is 1.70. The molecule has 0 radical (unpaired) electrons. The third-order valence-corrected chi connectivity index (χ3v) is 4.09. The number of nitrogens with one attached hydrogen (secondary N) is 2. The molecular weight excluding hydrogens is 415 g/mol. The number of nitrogens with zero attached hydrogens (tertiary/aromatic N) is 2. The van der Waals surface area contributed by atoms with E-state index < -0.39 is 0 Å². The molecule has 1 aliphatic heterocycles. The first kappa shape index (κ1) is 21.0. The highest BCUT2D eigenvalue weighted by atomic mass is 127. The standard InChI is InChI=1S/C18H30N4O.HI/c1-3-19-18(20-11-8-14-22-12-6-7-13-22)21-15-16-9-4-5-10-17(16)23-2;/h4-5,9-10H,3,6-8,11-15H2,1-2H3,(H2,19,20,21);1H. The fourth-order valence-corrected chi connectivity index (χ4v) is 2.86. The van der Waals surface area contributed by atoms with Gasteiger partial charge in [0.25, 0.3) is 0 Å². The molecule has 1 saturated heterocycles. The van der Waals surface area contributed by atoms with Crippen molar-refractivity contribution in [3.63, 3.8) is 0 Å². The molecule has 136 valence electrons. The summed E-state index contributed by atoms with van der Waals surface area (Å²) in [6.45, 7) is 8.23. The first-order valence-electron chi connectivity index (χ1n) is 8.70. The summed E-state index contributed by atoms with van der Waals surface area (Å²) < 4.78 is 5.38. The van der Waals surface area contributed by atoms with Gasteiger partial charge in [0.1, 0.15) is 5.75 Å². The van der Waals surface area contributed by atoms with Gasteiger partial charge in [-0.05, 0) is 51.9 Å². The quantitative estimate of drug-likeness (QED) is 0.279. The van der Waals surface area contributed by atoms with Gasteiger partial charge in [-0.3, -0.25) is 0 Å². The molecule has 1 aromatic rings. The first-order valence-corrected chi connectivity index (χ1v) is 8.70. The third-order valence-electron chi connectivity index (χ3n) is 4.09. The largest absolute Gasteiger partial charge is 0.496 e. The lowest BCUT2D eigenvalue weighted by atomic mass is 10.2. The fourth-order valence-electron chi connectivity index (χ4n) is 2.86. The van der Waals surface area contributed by atoms with E-state index in [0.29, 0.717) is 6.54 Å². The Balaban J connectivity index is 0.00000288. The number of para-hydroxylation sites is 1. The van der Waals surface area contributed by atoms with Crippen LogP contribution >= 0.6 is 24.0 Å². The number of methoxy groups -OCH3 is 1. The number of rotatable bonds is 8. The molecule has 5 nitrogen and oxygen atoms in total. The molecule has 0 atom stereocenters. The molecule has 0 aromatic heterocycles. The zero-order valence-electron chi connectivity index (χ0n) is 14.9. The molecule has 0 amide bonds. The van der Waals surface area contributed by atoms with Crippen molar-refractivity contribution >= 4 is 29.9 Å². The average molecular weight is 446 g/mol. The lowest BCUT2D eigenvalue weighted by Gasteiger charge is -2.16. The fraction of sp³-hybridized carbons (Fsp3) is 0.611. The molecule has 24 heavy (non-hydrogen) atoms. The Labute approximate surface area is 163 Å². The van der Waals surface area contributed by atoms with Gasteiger partial charge < -0.3 is 20.3 Å². The number of halogens is 1. The summed E-state index contributed by atoms with van der Waals surface area (Å²) in [5.74, 6) is 1.76. The number of guanidine groups is 1. The zero-order chi connectivity index (χ0) is 16.3. The van der Waals surface area contributed by atoms with Crippen LogP contribution in [0.3, 0.4) is 0 Å². The van der Waals surface area contributed by atoms with Crippen molar-refractivity contribution in [2.75, 3.05) is 39.8 Å². The summed E-state index contributed by atoms with van der Waals surface area (Å²) in [4.78, 5) is 7.20. The Hall–Kier alpha value is -1.02. The Bertz CT molecular complexity index is 490. The molecule has 0 saturated carbocycles. The minimum atomic E-state index is 0. The van der Waals surface area contributed by atoms with E-state index in [2.05, 4.69) is 33.5 Å². The van der Waals surface area contributed by atoms with Crippen LogP contribution < -0.4 is 15.4 Å². The van der Waals surface area contributed by atoms with Crippen molar-refractivity contribution in [3.8, 4) is 5.75 Å². The minimum Gasteiger partial charge on any atom is -0.496 e. The van der Waals surface area contributed by atoms with Gasteiger partial charge in [0.05, 0.1) is 13.7 Å². The molecule has 0 unspecified atom stereocenters. The highest BCUT2D eigenvalue weighted by Crippen LogP contribution is 2.17. The van der Waals surface area contributed by atoms with Crippen LogP contribution in [0.25, 0.3) is 0 Å². The van der Waals surface area contributed by atoms with E-state index in [9.17, 15) is 0 Å². The number of benzene rings is 1. The summed E-state index contributed by atoms with van der Waals surface area (Å²) in [5.41, 5.74) is 1.10. The smallest absolute Gasteiger partial charge is 0.191 e. The highest BCUT2D eigenvalue weighted by Gasteiger charge is 2.10. The maximum absolute atomic E-state index is 5.38. The van der Waals surface area contributed by atoms with Crippen LogP contribution in [-0.2, 0) is 6.54 Å². The van der Waals surface area contributed by atoms with Crippen molar-refractivity contribution in [2.24, 2.45) is 4.99 Å². The summed E-state index contributed by atoms with van der Waals surface area (Å²) in [6.07, 6.45) is 3.87. The van der Waals surface area contributed by atoms with Crippen molar-refractivity contribution in [1.82, 2.24) is 15.5 Å². The van der Waals surface area contributed by atoms with E-state index in [0.717, 1.165) is 36.8 Å². The molecule has 6 heteroatoms. The second-order valence-corrected chi connectivity index (χ2v) is 5.84. The van der Waals surface area contributed by atoms with E-state index >= 15 is 0 Å². The normalized spacial score (nSPS) is 15.0. The Morgan fingerprint density at radius 1 is 1.21 bits per heavy atom. The lowest BCUT2D eigenvalue weighted by Crippen LogP contribution is -2.38. The van der Waals surface area contributed by atoms with Crippen molar-refractivity contribution in [3.05, 3.63) is 29.8 Å². The molecule has 0 spiro atoms. The lowest BCUT2D eigenvalue weighted by molar-refractivity contribution is 0.334. The van der Waals surface area contributed by atoms with Gasteiger partial charge in [-0.15, -0.1) is 24.0 Å². The van der Waals surface area contributed by atoms with Gasteiger partial charge in [0.2, 0.25) is 0 Å². The van der Waals surface area contributed by atoms with Gasteiger partial charge in [0, 0.05) is 18.7 Å². The number of hydrogen-bond donors (Lipinski definition) is 2. The molecular formula is C18H31IN4O. The van der Waals surface area contributed by atoms with Gasteiger partial charge in [-0.1, -0.05) is 18.2 Å². The molecule has 2 rings (SSSR count). The minimum absolute atomic E-state index is 0. The van der Waals surface area contributed by atoms with Crippen LogP contribution in [0.2, 0.25) is 0 Å². The van der Waals surface area contributed by atoms with Crippen LogP contribution in [0.5, 0.6) is 5.75 Å². The van der Waals surface area contributed by atoms with E-state index in [1.165, 1.54) is 32.5 Å². The Morgan fingerprint density at radius 3 is 2.67 bits per heavy atom. The van der Waals surface area contributed by atoms with Crippen molar-refractivity contribution < 1.29 is 4.74 Å². The van der Waals surface area contributed by atoms with Gasteiger partial charge in [0.15, 0.2) is 5.96 Å². The number of hydrogen-bond acceptors (Lipinski definition) is 3. The van der Waals surface area contributed by atoms with E-state index in [1.54, 1.807) is 7.11 Å². The van der Waals surface area contributed by atoms with Gasteiger partial charge in [-0.2, -0.15) is 0 Å². The summed E-state index contributed by atoms with van der Waals surface area (Å²) >= 11 is 0. The van der Waals surface area contributed by atoms with Crippen LogP contribution in [0.4, 0.5) is 0 Å². The number of aliphatic imine (C=N–C) groups is 1. The second-order valence-electron chi connectivity index (χ2n) is 5.84. The van der Waals surface area contributed by atoms with Crippen LogP contribution in [0.1, 0.15) is 31.7 Å². The predicted molar refractivity (Wildman–Crippen MR) is 112 cm³/mol. The van der Waals surface area contributed by atoms with Gasteiger partial charge in [-0.25, -0.2) is 4.99 Å². The molecule has 0 aliphatic carbocycles. The number of likely N-dealkylation sites (tertiary alicyclic amines) is 1. The van der Waals surface area contributed by atoms with Gasteiger partial charge >= 0.3 is 0 Å². The Kier molecular flexibility index (Phi) is 10.8. The Morgan fingerprint density at radius 2 is 1.96 bits per heavy atom. The van der Waals surface area contributed by atoms with Crippen molar-refractivity contribution in [2.45, 2.75) is 32.7 Å². The maximum Gasteiger partial charge on any atom is 0.191 e. The number of ether oxygens (including phenoxy) is 1. The van der Waals surface area contributed by atoms with Crippen molar-refractivity contribution in [1.29, 1.82) is 0 Å². The summed E-state index contributed by atoms with van der Waals surface area (Å²) in [5, 5.41) is 6.73. The van der Waals surface area contributed by atoms with Crippen LogP contribution in [0.15, 0.2) is 29.3 Å². The average Bonchev–Trinajstić information content (AvgIpc) is 3.10. The topological polar surface area (TPSA) is 48.9 Å². The first-order chi connectivity index (χ1) is 11.3.